The van der Waals surface area contributed by atoms with Gasteiger partial charge in [0, 0.05) is 25.8 Å². The quantitative estimate of drug-likeness (QED) is 0.666. The number of sulfonamides is 1. The van der Waals surface area contributed by atoms with Gasteiger partial charge in [0.2, 0.25) is 10.0 Å². The molecule has 2 aliphatic rings. The van der Waals surface area contributed by atoms with Crippen LogP contribution < -0.4 is 9.62 Å². The number of anilines is 3. The normalized spacial score (nSPS) is 15.6. The van der Waals surface area contributed by atoms with Crippen LogP contribution in [0.3, 0.4) is 0 Å². The van der Waals surface area contributed by atoms with E-state index in [2.05, 4.69) is 15.3 Å². The summed E-state index contributed by atoms with van der Waals surface area (Å²) >= 11 is 0. The number of pyridine rings is 1. The minimum atomic E-state index is -3.52. The highest BCUT2D eigenvalue weighted by atomic mass is 32.2. The molecule has 1 aromatic carbocycles. The molecule has 1 fully saturated rings. The zero-order valence-corrected chi connectivity index (χ0v) is 17.9. The van der Waals surface area contributed by atoms with Crippen LogP contribution in [0.15, 0.2) is 35.3 Å². The molecular weight excluding hydrogens is 426 g/mol. The number of fused-ring (bicyclic) bond motifs is 1. The van der Waals surface area contributed by atoms with E-state index in [4.69, 9.17) is 0 Å². The van der Waals surface area contributed by atoms with Crippen molar-refractivity contribution in [1.29, 1.82) is 0 Å². The van der Waals surface area contributed by atoms with Crippen LogP contribution in [-0.4, -0.2) is 44.6 Å². The van der Waals surface area contributed by atoms with Crippen LogP contribution in [-0.2, 0) is 27.7 Å². The summed E-state index contributed by atoms with van der Waals surface area (Å²) in [6.07, 6.45) is 0.174. The Morgan fingerprint density at radius 3 is 2.61 bits per heavy atom. The van der Waals surface area contributed by atoms with Crippen LogP contribution in [0.4, 0.5) is 31.5 Å². The average molecular weight is 448 g/mol. The molecule has 4 rings (SSSR count). The van der Waals surface area contributed by atoms with Gasteiger partial charge in [-0.05, 0) is 31.0 Å². The lowest BCUT2D eigenvalue weighted by atomic mass is 10.1. The van der Waals surface area contributed by atoms with Gasteiger partial charge in [-0.25, -0.2) is 22.2 Å². The smallest absolute Gasteiger partial charge is 0.277 e. The van der Waals surface area contributed by atoms with E-state index in [-0.39, 0.29) is 35.9 Å². The summed E-state index contributed by atoms with van der Waals surface area (Å²) in [7, 11) is -2.09. The summed E-state index contributed by atoms with van der Waals surface area (Å²) in [6, 6.07) is 8.39. The maximum atomic E-state index is 13.3. The van der Waals surface area contributed by atoms with Crippen LogP contribution in [0.2, 0.25) is 0 Å². The predicted molar refractivity (Wildman–Crippen MR) is 115 cm³/mol. The molecule has 1 N–H and O–H groups in total. The fourth-order valence-electron chi connectivity index (χ4n) is 3.47. The van der Waals surface area contributed by atoms with Crippen molar-refractivity contribution in [3.63, 3.8) is 0 Å². The number of hydrogen-bond acceptors (Lipinski definition) is 6. The SMILES string of the molecule is CN(c1ccccc1Nc1cc(CC(=O)C2CC2)nc2c1N=C(C(F)F)C2)S(C)(=O)=O. The monoisotopic (exact) mass is 448 g/mol. The third kappa shape index (κ3) is 4.58. The largest absolute Gasteiger partial charge is 0.352 e. The minimum Gasteiger partial charge on any atom is -0.352 e. The van der Waals surface area contributed by atoms with Gasteiger partial charge >= 0.3 is 0 Å². The first kappa shape index (κ1) is 21.4. The Morgan fingerprint density at radius 1 is 1.26 bits per heavy atom. The van der Waals surface area contributed by atoms with Crippen molar-refractivity contribution in [2.24, 2.45) is 10.9 Å². The molecule has 0 amide bonds. The van der Waals surface area contributed by atoms with Crippen LogP contribution in [0, 0.1) is 5.92 Å². The van der Waals surface area contributed by atoms with Gasteiger partial charge in [0.1, 0.15) is 11.5 Å². The average Bonchev–Trinajstić information content (AvgIpc) is 3.46. The van der Waals surface area contributed by atoms with E-state index in [1.54, 1.807) is 30.3 Å². The first-order valence-corrected chi connectivity index (χ1v) is 11.7. The zero-order chi connectivity index (χ0) is 22.3. The maximum Gasteiger partial charge on any atom is 0.277 e. The molecule has 0 spiro atoms. The Labute approximate surface area is 179 Å². The lowest BCUT2D eigenvalue weighted by Gasteiger charge is -2.21. The summed E-state index contributed by atoms with van der Waals surface area (Å²) in [5.41, 5.74) is 2.14. The van der Waals surface area contributed by atoms with E-state index in [1.165, 1.54) is 7.05 Å². The molecule has 0 atom stereocenters. The summed E-state index contributed by atoms with van der Waals surface area (Å²) in [6.45, 7) is 0. The van der Waals surface area contributed by atoms with Crippen molar-refractivity contribution in [1.82, 2.24) is 4.98 Å². The highest BCUT2D eigenvalue weighted by Gasteiger charge is 2.31. The number of rotatable bonds is 8. The van der Waals surface area contributed by atoms with Crippen LogP contribution in [0.5, 0.6) is 0 Å². The Bertz CT molecular complexity index is 1180. The zero-order valence-electron chi connectivity index (χ0n) is 17.1. The Hall–Kier alpha value is -2.88. The predicted octanol–water partition coefficient (Wildman–Crippen LogP) is 3.64. The Kier molecular flexibility index (Phi) is 5.50. The lowest BCUT2D eigenvalue weighted by molar-refractivity contribution is -0.119. The summed E-state index contributed by atoms with van der Waals surface area (Å²) in [5, 5.41) is 3.13. The van der Waals surface area contributed by atoms with E-state index < -0.39 is 16.4 Å². The lowest BCUT2D eigenvalue weighted by Crippen LogP contribution is -2.25. The molecule has 2 heterocycles. The minimum absolute atomic E-state index is 0.0588. The fourth-order valence-corrected chi connectivity index (χ4v) is 3.99. The highest BCUT2D eigenvalue weighted by molar-refractivity contribution is 7.92. The molecule has 2 aromatic rings. The maximum absolute atomic E-state index is 13.3. The van der Waals surface area contributed by atoms with Crippen LogP contribution in [0.25, 0.3) is 0 Å². The number of benzene rings is 1. The van der Waals surface area contributed by atoms with Crippen molar-refractivity contribution in [2.45, 2.75) is 32.1 Å². The van der Waals surface area contributed by atoms with Gasteiger partial charge in [0.05, 0.1) is 40.4 Å². The second-order valence-corrected chi connectivity index (χ2v) is 9.84. The molecule has 0 saturated heterocycles. The van der Waals surface area contributed by atoms with Gasteiger partial charge in [-0.3, -0.25) is 14.1 Å². The Balaban J connectivity index is 1.74. The number of carbonyl (C=O) groups is 1. The van der Waals surface area contributed by atoms with Gasteiger partial charge in [0.25, 0.3) is 6.43 Å². The number of aromatic nitrogens is 1. The molecule has 0 bridgehead atoms. The first-order chi connectivity index (χ1) is 14.6. The fraction of sp³-hybridized carbons (Fsp3) is 0.381. The number of para-hydroxylation sites is 2. The Morgan fingerprint density at radius 2 is 1.97 bits per heavy atom. The number of ketones is 1. The molecule has 1 aliphatic carbocycles. The van der Waals surface area contributed by atoms with Crippen molar-refractivity contribution >= 4 is 44.3 Å². The molecule has 164 valence electrons. The van der Waals surface area contributed by atoms with E-state index in [0.717, 1.165) is 23.4 Å². The third-order valence-electron chi connectivity index (χ3n) is 5.37. The molecule has 0 unspecified atom stereocenters. The summed E-state index contributed by atoms with van der Waals surface area (Å²) in [5.74, 6) is 0.145. The molecule has 31 heavy (non-hydrogen) atoms. The van der Waals surface area contributed by atoms with E-state index in [9.17, 15) is 22.0 Å². The third-order valence-corrected chi connectivity index (χ3v) is 6.56. The summed E-state index contributed by atoms with van der Waals surface area (Å²) < 4.78 is 51.8. The van der Waals surface area contributed by atoms with Gasteiger partial charge in [-0.2, -0.15) is 0 Å². The molecular formula is C21H22F2N4O3S. The van der Waals surface area contributed by atoms with Crippen molar-refractivity contribution in [3.05, 3.63) is 41.7 Å². The van der Waals surface area contributed by atoms with Crippen LogP contribution in [0.1, 0.15) is 24.2 Å². The van der Waals surface area contributed by atoms with Crippen molar-refractivity contribution in [2.75, 3.05) is 22.9 Å². The van der Waals surface area contributed by atoms with Crippen LogP contribution >= 0.6 is 0 Å². The number of nitrogens with one attached hydrogen (secondary N) is 1. The molecule has 10 heteroatoms. The standard InChI is InChI=1S/C21H22F2N4O3S/c1-27(31(2,29)30)18-6-4-3-5-14(18)25-15-9-13(10-19(28)12-7-8-12)24-16-11-17(21(22)23)26-20(15)16/h3-6,9,12,21H,7-8,10-11H2,1-2H3,(H,24,25). The number of Topliss-reactive ketones (excluding diaryl/α,β-unsaturated/α-hetero) is 1. The van der Waals surface area contributed by atoms with Crippen molar-refractivity contribution in [3.8, 4) is 0 Å². The highest BCUT2D eigenvalue weighted by Crippen LogP contribution is 2.39. The summed E-state index contributed by atoms with van der Waals surface area (Å²) in [4.78, 5) is 20.8. The van der Waals surface area contributed by atoms with Gasteiger partial charge in [0.15, 0.2) is 0 Å². The molecule has 1 aromatic heterocycles. The number of carbonyl (C=O) groups excluding carboxylic acids is 1. The van der Waals surface area contributed by atoms with Crippen molar-refractivity contribution < 1.29 is 22.0 Å². The number of aliphatic imine (C=N–C) groups is 1. The van der Waals surface area contributed by atoms with E-state index in [0.29, 0.717) is 28.5 Å². The van der Waals surface area contributed by atoms with E-state index in [1.807, 2.05) is 0 Å². The first-order valence-electron chi connectivity index (χ1n) is 9.84. The molecule has 1 aliphatic heterocycles. The van der Waals surface area contributed by atoms with E-state index >= 15 is 0 Å². The van der Waals surface area contributed by atoms with Gasteiger partial charge in [-0.1, -0.05) is 12.1 Å². The number of hydrogen-bond donors (Lipinski definition) is 1. The van der Waals surface area contributed by atoms with Gasteiger partial charge < -0.3 is 5.32 Å². The second kappa shape index (κ2) is 7.99. The molecule has 0 radical (unpaired) electrons. The number of halogens is 2. The molecule has 1 saturated carbocycles. The topological polar surface area (TPSA) is 91.7 Å². The second-order valence-electron chi connectivity index (χ2n) is 7.83. The number of nitrogens with zero attached hydrogens (tertiary/aromatic N) is 3. The molecule has 7 nitrogen and oxygen atoms in total. The van der Waals surface area contributed by atoms with Gasteiger partial charge in [-0.15, -0.1) is 0 Å². The number of alkyl halides is 2.